The van der Waals surface area contributed by atoms with Crippen molar-refractivity contribution in [3.05, 3.63) is 34.0 Å². The Morgan fingerprint density at radius 3 is 2.39 bits per heavy atom. The van der Waals surface area contributed by atoms with Gasteiger partial charge in [-0.1, -0.05) is 0 Å². The average Bonchev–Trinajstić information content (AvgIpc) is 2.51. The number of rotatable bonds is 7. The molecule has 0 fully saturated rings. The number of nitrogens with one attached hydrogen (secondary N) is 1. The molecule has 124 valence electrons. The first kappa shape index (κ1) is 17.7. The summed E-state index contributed by atoms with van der Waals surface area (Å²) in [5.41, 5.74) is 0.161. The van der Waals surface area contributed by atoms with Crippen LogP contribution in [0.15, 0.2) is 35.4 Å². The van der Waals surface area contributed by atoms with Crippen LogP contribution >= 0.6 is 22.6 Å². The van der Waals surface area contributed by atoms with Crippen molar-refractivity contribution >= 4 is 38.3 Å². The molecular formula is C14H16IN3O4S. The zero-order valence-corrected chi connectivity index (χ0v) is 15.6. The Labute approximate surface area is 148 Å². The fourth-order valence-corrected chi connectivity index (χ4v) is 3.09. The van der Waals surface area contributed by atoms with Crippen molar-refractivity contribution in [1.82, 2.24) is 9.97 Å². The summed E-state index contributed by atoms with van der Waals surface area (Å²) >= 11 is 2.11. The topological polar surface area (TPSA) is 90.4 Å². The van der Waals surface area contributed by atoms with Gasteiger partial charge in [-0.3, -0.25) is 4.72 Å². The number of sulfonamides is 1. The largest absolute Gasteiger partial charge is 0.476 e. The summed E-state index contributed by atoms with van der Waals surface area (Å²) in [7, 11) is -3.75. The molecule has 0 radical (unpaired) electrons. The molecule has 0 bridgehead atoms. The molecule has 0 spiro atoms. The molecule has 1 N–H and O–H groups in total. The molecule has 0 aliphatic carbocycles. The second-order valence-electron chi connectivity index (χ2n) is 4.30. The first-order valence-corrected chi connectivity index (χ1v) is 9.43. The van der Waals surface area contributed by atoms with Crippen LogP contribution < -0.4 is 14.2 Å². The van der Waals surface area contributed by atoms with E-state index in [1.807, 2.05) is 0 Å². The molecule has 2 rings (SSSR count). The number of hydrogen-bond acceptors (Lipinski definition) is 6. The lowest BCUT2D eigenvalue weighted by molar-refractivity contribution is 0.290. The van der Waals surface area contributed by atoms with Crippen molar-refractivity contribution in [2.45, 2.75) is 18.7 Å². The number of hydrogen-bond donors (Lipinski definition) is 1. The monoisotopic (exact) mass is 449 g/mol. The number of anilines is 1. The molecule has 9 heteroatoms. The summed E-state index contributed by atoms with van der Waals surface area (Å²) in [4.78, 5) is 8.17. The van der Waals surface area contributed by atoms with Crippen molar-refractivity contribution in [1.29, 1.82) is 0 Å². The lowest BCUT2D eigenvalue weighted by Gasteiger charge is -2.12. The van der Waals surface area contributed by atoms with Crippen LogP contribution in [0.1, 0.15) is 13.8 Å². The third-order valence-corrected chi connectivity index (χ3v) is 4.76. The fourth-order valence-electron chi connectivity index (χ4n) is 1.68. The normalized spacial score (nSPS) is 11.1. The van der Waals surface area contributed by atoms with Gasteiger partial charge < -0.3 is 9.47 Å². The number of ether oxygens (including phenoxy) is 2. The van der Waals surface area contributed by atoms with Gasteiger partial charge in [0.2, 0.25) is 5.88 Å². The van der Waals surface area contributed by atoms with Gasteiger partial charge in [-0.25, -0.2) is 13.4 Å². The summed E-state index contributed by atoms with van der Waals surface area (Å²) in [6.07, 6.45) is 1.33. The van der Waals surface area contributed by atoms with E-state index in [0.29, 0.717) is 13.2 Å². The Bertz CT molecular complexity index is 766. The molecule has 0 amide bonds. The average molecular weight is 449 g/mol. The van der Waals surface area contributed by atoms with Crippen LogP contribution in [0.3, 0.4) is 0 Å². The number of benzene rings is 1. The van der Waals surface area contributed by atoms with Crippen LogP contribution in [0, 0.1) is 3.57 Å². The Morgan fingerprint density at radius 1 is 1.13 bits per heavy atom. The standard InChI is InChI=1S/C14H16IN3O4S/c1-3-21-13-12(9-16-14(17-13)22-4-2)18-23(19,20)11-7-5-10(15)6-8-11/h5-9,18H,3-4H2,1-2H3. The van der Waals surface area contributed by atoms with E-state index in [-0.39, 0.29) is 22.5 Å². The van der Waals surface area contributed by atoms with E-state index in [0.717, 1.165) is 3.57 Å². The maximum Gasteiger partial charge on any atom is 0.319 e. The highest BCUT2D eigenvalue weighted by Gasteiger charge is 2.18. The molecule has 1 heterocycles. The summed E-state index contributed by atoms with van der Waals surface area (Å²) in [6.45, 7) is 4.32. The molecule has 1 aromatic heterocycles. The van der Waals surface area contributed by atoms with Gasteiger partial charge >= 0.3 is 6.01 Å². The zero-order chi connectivity index (χ0) is 16.9. The lowest BCUT2D eigenvalue weighted by atomic mass is 10.4. The number of halogens is 1. The van der Waals surface area contributed by atoms with Crippen molar-refractivity contribution < 1.29 is 17.9 Å². The van der Waals surface area contributed by atoms with E-state index in [2.05, 4.69) is 37.3 Å². The first-order chi connectivity index (χ1) is 11.0. The third-order valence-electron chi connectivity index (χ3n) is 2.65. The van der Waals surface area contributed by atoms with Crippen LogP contribution in [0.5, 0.6) is 11.9 Å². The van der Waals surface area contributed by atoms with E-state index in [1.165, 1.54) is 18.3 Å². The molecule has 0 aliphatic heterocycles. The van der Waals surface area contributed by atoms with E-state index in [9.17, 15) is 8.42 Å². The Balaban J connectivity index is 2.32. The summed E-state index contributed by atoms with van der Waals surface area (Å²) in [6, 6.07) is 6.62. The van der Waals surface area contributed by atoms with Gasteiger partial charge in [0.15, 0.2) is 0 Å². The molecule has 23 heavy (non-hydrogen) atoms. The van der Waals surface area contributed by atoms with E-state index in [4.69, 9.17) is 9.47 Å². The van der Waals surface area contributed by atoms with E-state index < -0.39 is 10.0 Å². The van der Waals surface area contributed by atoms with Gasteiger partial charge in [-0.05, 0) is 60.7 Å². The highest BCUT2D eigenvalue weighted by atomic mass is 127. The van der Waals surface area contributed by atoms with Crippen LogP contribution in [0.25, 0.3) is 0 Å². The molecule has 7 nitrogen and oxygen atoms in total. The van der Waals surface area contributed by atoms with Crippen molar-refractivity contribution in [2.75, 3.05) is 17.9 Å². The van der Waals surface area contributed by atoms with Gasteiger partial charge in [0.05, 0.1) is 24.3 Å². The second kappa shape index (κ2) is 7.77. The minimum atomic E-state index is -3.75. The Kier molecular flexibility index (Phi) is 5.99. The molecule has 0 saturated carbocycles. The SMILES string of the molecule is CCOc1ncc(NS(=O)(=O)c2ccc(I)cc2)c(OCC)n1. The van der Waals surface area contributed by atoms with E-state index >= 15 is 0 Å². The highest BCUT2D eigenvalue weighted by molar-refractivity contribution is 14.1. The van der Waals surface area contributed by atoms with Crippen LogP contribution in [0.2, 0.25) is 0 Å². The highest BCUT2D eigenvalue weighted by Crippen LogP contribution is 2.26. The summed E-state index contributed by atoms with van der Waals surface area (Å²) in [5.74, 6) is 0.125. The van der Waals surface area contributed by atoms with E-state index in [1.54, 1.807) is 26.0 Å². The Hall–Kier alpha value is -1.62. The van der Waals surface area contributed by atoms with Gasteiger partial charge in [-0.2, -0.15) is 4.98 Å². The van der Waals surface area contributed by atoms with Crippen molar-refractivity contribution in [3.8, 4) is 11.9 Å². The molecule has 0 aliphatic rings. The smallest absolute Gasteiger partial charge is 0.319 e. The fraction of sp³-hybridized carbons (Fsp3) is 0.286. The maximum absolute atomic E-state index is 12.4. The van der Waals surface area contributed by atoms with Gasteiger partial charge in [0.1, 0.15) is 5.69 Å². The molecule has 0 atom stereocenters. The predicted molar refractivity (Wildman–Crippen MR) is 94.3 cm³/mol. The maximum atomic E-state index is 12.4. The summed E-state index contributed by atoms with van der Waals surface area (Å²) < 4.78 is 38.8. The second-order valence-corrected chi connectivity index (χ2v) is 7.22. The van der Waals surface area contributed by atoms with Crippen LogP contribution in [0.4, 0.5) is 5.69 Å². The molecule has 0 unspecified atom stereocenters. The third kappa shape index (κ3) is 4.67. The number of aromatic nitrogens is 2. The zero-order valence-electron chi connectivity index (χ0n) is 12.6. The van der Waals surface area contributed by atoms with Crippen LogP contribution in [-0.2, 0) is 10.0 Å². The minimum absolute atomic E-state index is 0.125. The summed E-state index contributed by atoms with van der Waals surface area (Å²) in [5, 5.41) is 0. The molecule has 2 aromatic rings. The van der Waals surface area contributed by atoms with Crippen LogP contribution in [-0.4, -0.2) is 31.6 Å². The van der Waals surface area contributed by atoms with Gasteiger partial charge in [-0.15, -0.1) is 0 Å². The number of nitrogens with zero attached hydrogens (tertiary/aromatic N) is 2. The quantitative estimate of drug-likeness (QED) is 0.654. The minimum Gasteiger partial charge on any atom is -0.476 e. The van der Waals surface area contributed by atoms with Gasteiger partial charge in [0.25, 0.3) is 10.0 Å². The predicted octanol–water partition coefficient (Wildman–Crippen LogP) is 2.68. The Morgan fingerprint density at radius 2 is 1.78 bits per heavy atom. The lowest BCUT2D eigenvalue weighted by Crippen LogP contribution is -2.15. The first-order valence-electron chi connectivity index (χ1n) is 6.87. The molecular weight excluding hydrogens is 433 g/mol. The van der Waals surface area contributed by atoms with Crippen molar-refractivity contribution in [3.63, 3.8) is 0 Å². The van der Waals surface area contributed by atoms with Crippen molar-refractivity contribution in [2.24, 2.45) is 0 Å². The molecule has 1 aromatic carbocycles. The molecule has 0 saturated heterocycles. The van der Waals surface area contributed by atoms with Gasteiger partial charge in [0, 0.05) is 3.57 Å².